The molecule has 0 atom stereocenters. The van der Waals surface area contributed by atoms with Crippen molar-refractivity contribution in [1.29, 1.82) is 0 Å². The first kappa shape index (κ1) is 13.2. The first-order valence-corrected chi connectivity index (χ1v) is 6.70. The van der Waals surface area contributed by atoms with Gasteiger partial charge in [-0.2, -0.15) is 0 Å². The molecule has 5 heteroatoms. The molecule has 3 rings (SSSR count). The highest BCUT2D eigenvalue weighted by molar-refractivity contribution is 6.45. The van der Waals surface area contributed by atoms with E-state index in [0.717, 1.165) is 10.5 Å². The molecule has 2 aromatic rings. The molecule has 20 heavy (non-hydrogen) atoms. The van der Waals surface area contributed by atoms with Crippen LogP contribution < -0.4 is 4.90 Å². The summed E-state index contributed by atoms with van der Waals surface area (Å²) in [4.78, 5) is 25.9. The van der Waals surface area contributed by atoms with Crippen molar-refractivity contribution in [2.45, 2.75) is 6.92 Å². The standard InChI is InChI=1S/C15H9Cl2NO2/c1-8-6-7-11(16)13(12(8)17)18-14(19)9-4-2-3-5-10(9)15(18)20/h2-7H,1H3. The van der Waals surface area contributed by atoms with E-state index in [2.05, 4.69) is 0 Å². The maximum atomic E-state index is 12.4. The van der Waals surface area contributed by atoms with Crippen LogP contribution in [0.1, 0.15) is 26.3 Å². The minimum Gasteiger partial charge on any atom is -0.268 e. The molecule has 0 bridgehead atoms. The predicted molar refractivity (Wildman–Crippen MR) is 78.8 cm³/mol. The summed E-state index contributed by atoms with van der Waals surface area (Å²) in [6.45, 7) is 1.79. The highest BCUT2D eigenvalue weighted by Crippen LogP contribution is 2.39. The van der Waals surface area contributed by atoms with Crippen LogP contribution in [0.4, 0.5) is 5.69 Å². The number of anilines is 1. The molecule has 1 aliphatic rings. The first-order valence-electron chi connectivity index (χ1n) is 5.95. The summed E-state index contributed by atoms with van der Waals surface area (Å²) in [7, 11) is 0. The second-order valence-electron chi connectivity index (χ2n) is 4.52. The number of imide groups is 1. The van der Waals surface area contributed by atoms with Gasteiger partial charge in [0.05, 0.1) is 26.9 Å². The van der Waals surface area contributed by atoms with Gasteiger partial charge in [-0.3, -0.25) is 9.59 Å². The Labute approximate surface area is 125 Å². The maximum Gasteiger partial charge on any atom is 0.266 e. The van der Waals surface area contributed by atoms with Gasteiger partial charge in [0.2, 0.25) is 0 Å². The Morgan fingerprint density at radius 2 is 1.45 bits per heavy atom. The van der Waals surface area contributed by atoms with Gasteiger partial charge in [-0.25, -0.2) is 4.90 Å². The maximum absolute atomic E-state index is 12.4. The number of hydrogen-bond donors (Lipinski definition) is 0. The van der Waals surface area contributed by atoms with Crippen LogP contribution in [0.15, 0.2) is 36.4 Å². The van der Waals surface area contributed by atoms with Crippen LogP contribution in [0.25, 0.3) is 0 Å². The molecule has 100 valence electrons. The average Bonchev–Trinajstić information content (AvgIpc) is 2.69. The number of benzene rings is 2. The second kappa shape index (κ2) is 4.62. The van der Waals surface area contributed by atoms with E-state index in [0.29, 0.717) is 16.1 Å². The van der Waals surface area contributed by atoms with Gasteiger partial charge in [-0.05, 0) is 30.7 Å². The van der Waals surface area contributed by atoms with E-state index >= 15 is 0 Å². The number of amides is 2. The van der Waals surface area contributed by atoms with E-state index in [1.807, 2.05) is 0 Å². The molecule has 0 spiro atoms. The van der Waals surface area contributed by atoms with Crippen molar-refractivity contribution in [3.05, 3.63) is 63.1 Å². The highest BCUT2D eigenvalue weighted by atomic mass is 35.5. The van der Waals surface area contributed by atoms with Gasteiger partial charge >= 0.3 is 0 Å². The largest absolute Gasteiger partial charge is 0.268 e. The van der Waals surface area contributed by atoms with Gasteiger partial charge in [0.25, 0.3) is 11.8 Å². The summed E-state index contributed by atoms with van der Waals surface area (Å²) in [6.07, 6.45) is 0. The van der Waals surface area contributed by atoms with E-state index < -0.39 is 11.8 Å². The third-order valence-corrected chi connectivity index (χ3v) is 4.06. The van der Waals surface area contributed by atoms with Crippen molar-refractivity contribution in [3.63, 3.8) is 0 Å². The Morgan fingerprint density at radius 1 is 0.900 bits per heavy atom. The Hall–Kier alpha value is -1.84. The summed E-state index contributed by atoms with van der Waals surface area (Å²) in [5, 5.41) is 0.585. The van der Waals surface area contributed by atoms with Crippen LogP contribution in [0.3, 0.4) is 0 Å². The normalized spacial score (nSPS) is 13.8. The minimum atomic E-state index is -0.403. The minimum absolute atomic E-state index is 0.250. The van der Waals surface area contributed by atoms with Gasteiger partial charge in [0.1, 0.15) is 0 Å². The molecule has 3 nitrogen and oxygen atoms in total. The first-order chi connectivity index (χ1) is 9.52. The lowest BCUT2D eigenvalue weighted by atomic mass is 10.1. The smallest absolute Gasteiger partial charge is 0.266 e. The average molecular weight is 306 g/mol. The van der Waals surface area contributed by atoms with Crippen molar-refractivity contribution >= 4 is 40.7 Å². The van der Waals surface area contributed by atoms with Crippen molar-refractivity contribution in [2.24, 2.45) is 0 Å². The van der Waals surface area contributed by atoms with Crippen LogP contribution in [0, 0.1) is 6.92 Å². The fraction of sp³-hybridized carbons (Fsp3) is 0.0667. The molecule has 2 amide bonds. The molecule has 1 heterocycles. The summed E-state index contributed by atoms with van der Waals surface area (Å²) >= 11 is 12.3. The Balaban J connectivity index is 2.22. The van der Waals surface area contributed by atoms with Gasteiger partial charge in [0.15, 0.2) is 0 Å². The Kier molecular flexibility index (Phi) is 3.04. The molecule has 0 saturated carbocycles. The van der Waals surface area contributed by atoms with E-state index in [9.17, 15) is 9.59 Å². The number of nitrogens with zero attached hydrogens (tertiary/aromatic N) is 1. The zero-order valence-corrected chi connectivity index (χ0v) is 12.0. The third-order valence-electron chi connectivity index (χ3n) is 3.28. The number of carbonyl (C=O) groups is 2. The summed E-state index contributed by atoms with van der Waals surface area (Å²) in [5.41, 5.74) is 1.74. The van der Waals surface area contributed by atoms with Crippen LogP contribution in [0.5, 0.6) is 0 Å². The molecule has 0 unspecified atom stereocenters. The third kappa shape index (κ3) is 1.74. The number of aryl methyl sites for hydroxylation is 1. The van der Waals surface area contributed by atoms with Gasteiger partial charge in [-0.1, -0.05) is 41.4 Å². The number of halogens is 2. The van der Waals surface area contributed by atoms with Crippen molar-refractivity contribution in [1.82, 2.24) is 0 Å². The van der Waals surface area contributed by atoms with Crippen molar-refractivity contribution < 1.29 is 9.59 Å². The monoisotopic (exact) mass is 305 g/mol. The van der Waals surface area contributed by atoms with Gasteiger partial charge in [-0.15, -0.1) is 0 Å². The number of rotatable bonds is 1. The van der Waals surface area contributed by atoms with E-state index in [-0.39, 0.29) is 10.7 Å². The topological polar surface area (TPSA) is 37.4 Å². The molecule has 0 radical (unpaired) electrons. The lowest BCUT2D eigenvalue weighted by Gasteiger charge is -2.18. The Morgan fingerprint density at radius 3 is 2.00 bits per heavy atom. The molecule has 0 aliphatic carbocycles. The van der Waals surface area contributed by atoms with Crippen LogP contribution in [-0.4, -0.2) is 11.8 Å². The van der Waals surface area contributed by atoms with Crippen LogP contribution >= 0.6 is 23.2 Å². The predicted octanol–water partition coefficient (Wildman–Crippen LogP) is 4.10. The van der Waals surface area contributed by atoms with Crippen molar-refractivity contribution in [2.75, 3.05) is 4.90 Å². The molecule has 1 aliphatic heterocycles. The molecule has 0 fully saturated rings. The Bertz CT molecular complexity index is 721. The second-order valence-corrected chi connectivity index (χ2v) is 5.30. The molecule has 0 aromatic heterocycles. The van der Waals surface area contributed by atoms with Crippen LogP contribution in [-0.2, 0) is 0 Å². The molecule has 0 N–H and O–H groups in total. The zero-order valence-electron chi connectivity index (χ0n) is 10.5. The number of carbonyl (C=O) groups excluding carboxylic acids is 2. The molecule has 0 saturated heterocycles. The van der Waals surface area contributed by atoms with E-state index in [1.165, 1.54) is 0 Å². The highest BCUT2D eigenvalue weighted by Gasteiger charge is 2.38. The number of fused-ring (bicyclic) bond motifs is 1. The molecular formula is C15H9Cl2NO2. The zero-order chi connectivity index (χ0) is 14.4. The summed E-state index contributed by atoms with van der Waals surface area (Å²) in [5.74, 6) is -0.806. The summed E-state index contributed by atoms with van der Waals surface area (Å²) < 4.78 is 0. The lowest BCUT2D eigenvalue weighted by molar-refractivity contribution is 0.0926. The van der Waals surface area contributed by atoms with Gasteiger partial charge in [0, 0.05) is 0 Å². The molecular weight excluding hydrogens is 297 g/mol. The SMILES string of the molecule is Cc1ccc(Cl)c(N2C(=O)c3ccccc3C2=O)c1Cl. The van der Waals surface area contributed by atoms with Crippen molar-refractivity contribution in [3.8, 4) is 0 Å². The lowest BCUT2D eigenvalue weighted by Crippen LogP contribution is -2.30. The quantitative estimate of drug-likeness (QED) is 0.744. The van der Waals surface area contributed by atoms with Gasteiger partial charge < -0.3 is 0 Å². The number of hydrogen-bond acceptors (Lipinski definition) is 2. The van der Waals surface area contributed by atoms with Crippen LogP contribution in [0.2, 0.25) is 10.0 Å². The fourth-order valence-electron chi connectivity index (χ4n) is 2.24. The molecule has 2 aromatic carbocycles. The van der Waals surface area contributed by atoms with E-state index in [4.69, 9.17) is 23.2 Å². The van der Waals surface area contributed by atoms with E-state index in [1.54, 1.807) is 43.3 Å². The fourth-order valence-corrected chi connectivity index (χ4v) is 2.78. The summed E-state index contributed by atoms with van der Waals surface area (Å²) in [6, 6.07) is 10.0.